The van der Waals surface area contributed by atoms with Crippen molar-refractivity contribution in [3.8, 4) is 0 Å². The Morgan fingerprint density at radius 1 is 0.881 bits per heavy atom. The Balaban J connectivity index is 2.26. The lowest BCUT2D eigenvalue weighted by Gasteiger charge is -2.44. The minimum atomic E-state index is -4.97. The number of carboxylic acids is 1. The summed E-state index contributed by atoms with van der Waals surface area (Å²) in [5, 5.41) is 9.71. The van der Waals surface area contributed by atoms with Gasteiger partial charge in [0.05, 0.1) is 16.7 Å². The first-order valence-corrected chi connectivity index (χ1v) is 13.5. The molecule has 0 aliphatic carbocycles. The van der Waals surface area contributed by atoms with Crippen LogP contribution in [0.2, 0.25) is 0 Å². The first-order valence-electron chi connectivity index (χ1n) is 13.5. The van der Waals surface area contributed by atoms with E-state index < -0.39 is 58.8 Å². The molecule has 0 bridgehead atoms. The number of benzene rings is 2. The molecule has 2 aromatic carbocycles. The molecule has 1 fully saturated rings. The van der Waals surface area contributed by atoms with Gasteiger partial charge in [0.1, 0.15) is 0 Å². The Morgan fingerprint density at radius 3 is 1.93 bits per heavy atom. The lowest BCUT2D eigenvalue weighted by molar-refractivity contribution is -0.142. The van der Waals surface area contributed by atoms with Crippen LogP contribution in [0.25, 0.3) is 0 Å². The molecule has 0 amide bonds. The van der Waals surface area contributed by atoms with E-state index in [1.54, 1.807) is 11.8 Å². The third-order valence-corrected chi connectivity index (χ3v) is 7.63. The number of carboxylic acid groups (broad SMARTS) is 1. The van der Waals surface area contributed by atoms with E-state index in [2.05, 4.69) is 0 Å². The number of likely N-dealkylation sites (tertiary alicyclic amines) is 1. The molecule has 2 unspecified atom stereocenters. The van der Waals surface area contributed by atoms with Gasteiger partial charge in [0.15, 0.2) is 0 Å². The van der Waals surface area contributed by atoms with E-state index in [-0.39, 0.29) is 49.3 Å². The lowest BCUT2D eigenvalue weighted by atomic mass is 9.83. The third-order valence-electron chi connectivity index (χ3n) is 7.63. The molecule has 12 heteroatoms. The maximum absolute atomic E-state index is 14.2. The molecule has 2 atom stereocenters. The van der Waals surface area contributed by atoms with Crippen LogP contribution in [0.5, 0.6) is 0 Å². The normalized spacial score (nSPS) is 19.2. The summed E-state index contributed by atoms with van der Waals surface area (Å²) in [5.41, 5.74) is -3.11. The number of alkyl halides is 9. The van der Waals surface area contributed by atoms with Crippen molar-refractivity contribution in [3.63, 3.8) is 0 Å². The average molecular weight is 610 g/mol. The van der Waals surface area contributed by atoms with Crippen molar-refractivity contribution in [1.82, 2.24) is 4.90 Å². The van der Waals surface area contributed by atoms with E-state index in [0.29, 0.717) is 30.2 Å². The van der Waals surface area contributed by atoms with Gasteiger partial charge >= 0.3 is 24.5 Å². The van der Waals surface area contributed by atoms with Crippen LogP contribution in [0.1, 0.15) is 92.8 Å². The molecule has 1 aliphatic heterocycles. The molecule has 3 rings (SSSR count). The molecule has 0 aromatic heterocycles. The fraction of sp³-hybridized carbons (Fsp3) is 0.500. The fourth-order valence-corrected chi connectivity index (χ4v) is 5.54. The van der Waals surface area contributed by atoms with Crippen LogP contribution in [0.3, 0.4) is 0 Å². The van der Waals surface area contributed by atoms with Crippen LogP contribution in [-0.4, -0.2) is 22.5 Å². The van der Waals surface area contributed by atoms with E-state index in [4.69, 9.17) is 0 Å². The largest absolute Gasteiger partial charge is 0.478 e. The molecular formula is C30H32F9NO2. The summed E-state index contributed by atoms with van der Waals surface area (Å²) in [6.45, 7) is 5.25. The third kappa shape index (κ3) is 7.87. The second kappa shape index (κ2) is 12.7. The predicted octanol–water partition coefficient (Wildman–Crippen LogP) is 9.85. The van der Waals surface area contributed by atoms with Crippen LogP contribution in [0.15, 0.2) is 53.6 Å². The SMILES string of the molecule is CC/C(C(=O)O)=C1/CCN(C(CCC(C)C)c2cc(C(F)(F)F)ccc2C(F)(F)F)C(c2ccc(C(F)(F)F)cc2)C1. The summed E-state index contributed by atoms with van der Waals surface area (Å²) >= 11 is 0. The minimum absolute atomic E-state index is 0.00585. The summed E-state index contributed by atoms with van der Waals surface area (Å²) in [6, 6.07) is 3.28. The number of rotatable bonds is 8. The van der Waals surface area contributed by atoms with E-state index in [0.717, 1.165) is 12.1 Å². The Bertz CT molecular complexity index is 1280. The highest BCUT2D eigenvalue weighted by molar-refractivity contribution is 5.87. The first-order chi connectivity index (χ1) is 19.3. The van der Waals surface area contributed by atoms with Gasteiger partial charge in [-0.1, -0.05) is 38.5 Å². The minimum Gasteiger partial charge on any atom is -0.478 e. The summed E-state index contributed by atoms with van der Waals surface area (Å²) in [4.78, 5) is 13.5. The van der Waals surface area contributed by atoms with Crippen molar-refractivity contribution in [3.05, 3.63) is 81.4 Å². The smallest absolute Gasteiger partial charge is 0.416 e. The Labute approximate surface area is 238 Å². The number of piperidine rings is 1. The number of halogens is 9. The van der Waals surface area contributed by atoms with E-state index in [1.165, 1.54) is 12.1 Å². The zero-order chi connectivity index (χ0) is 31.6. The van der Waals surface area contributed by atoms with Gasteiger partial charge in [-0.3, -0.25) is 4.90 Å². The molecule has 0 saturated carbocycles. The highest BCUT2D eigenvalue weighted by Crippen LogP contribution is 2.47. The van der Waals surface area contributed by atoms with Gasteiger partial charge in [0.25, 0.3) is 0 Å². The molecule has 1 N–H and O–H groups in total. The highest BCUT2D eigenvalue weighted by atomic mass is 19.4. The molecule has 1 heterocycles. The monoisotopic (exact) mass is 609 g/mol. The zero-order valence-electron chi connectivity index (χ0n) is 23.2. The lowest BCUT2D eigenvalue weighted by Crippen LogP contribution is -2.39. The number of aliphatic carboxylic acids is 1. The summed E-state index contributed by atoms with van der Waals surface area (Å²) in [6.07, 6.45) is -13.9. The van der Waals surface area contributed by atoms with Gasteiger partial charge in [-0.05, 0) is 79.5 Å². The van der Waals surface area contributed by atoms with Gasteiger partial charge in [0.2, 0.25) is 0 Å². The first kappa shape index (κ1) is 33.5. The molecule has 0 spiro atoms. The van der Waals surface area contributed by atoms with Crippen LogP contribution in [0, 0.1) is 5.92 Å². The van der Waals surface area contributed by atoms with Crippen molar-refractivity contribution in [1.29, 1.82) is 0 Å². The second-order valence-corrected chi connectivity index (χ2v) is 10.9. The molecule has 1 aliphatic rings. The van der Waals surface area contributed by atoms with E-state index >= 15 is 0 Å². The Kier molecular flexibility index (Phi) is 10.1. The summed E-state index contributed by atoms with van der Waals surface area (Å²) < 4.78 is 124. The standard InChI is InChI=1S/C30H32F9NO2/c1-4-22(27(41)42)19-13-14-40(26(15-19)18-6-8-20(9-7-18)28(31,32)33)25(12-5-17(2)3)23-16-21(29(34,35)36)10-11-24(23)30(37,38)39/h6-11,16-17,25-26H,4-5,12-15H2,1-3H3,(H,41,42)/b22-19+. The summed E-state index contributed by atoms with van der Waals surface area (Å²) in [7, 11) is 0. The molecule has 0 radical (unpaired) electrons. The van der Waals surface area contributed by atoms with Crippen LogP contribution in [0.4, 0.5) is 39.5 Å². The number of carbonyl (C=O) groups is 1. The second-order valence-electron chi connectivity index (χ2n) is 10.9. The highest BCUT2D eigenvalue weighted by Gasteiger charge is 2.42. The number of hydrogen-bond acceptors (Lipinski definition) is 2. The average Bonchev–Trinajstić information content (AvgIpc) is 2.87. The zero-order valence-corrected chi connectivity index (χ0v) is 23.2. The van der Waals surface area contributed by atoms with Gasteiger partial charge < -0.3 is 5.11 Å². The van der Waals surface area contributed by atoms with E-state index in [1.807, 2.05) is 13.8 Å². The molecule has 232 valence electrons. The van der Waals surface area contributed by atoms with Crippen LogP contribution >= 0.6 is 0 Å². The quantitative estimate of drug-likeness (QED) is 0.239. The predicted molar refractivity (Wildman–Crippen MR) is 138 cm³/mol. The van der Waals surface area contributed by atoms with Crippen molar-refractivity contribution < 1.29 is 49.4 Å². The van der Waals surface area contributed by atoms with Gasteiger partial charge in [-0.25, -0.2) is 4.79 Å². The fourth-order valence-electron chi connectivity index (χ4n) is 5.54. The maximum atomic E-state index is 14.2. The van der Waals surface area contributed by atoms with Crippen LogP contribution in [-0.2, 0) is 23.3 Å². The molecule has 3 nitrogen and oxygen atoms in total. The van der Waals surface area contributed by atoms with Crippen molar-refractivity contribution in [2.45, 2.75) is 83.5 Å². The molecule has 2 aromatic rings. The molecular weight excluding hydrogens is 577 g/mol. The number of nitrogens with zero attached hydrogens (tertiary/aromatic N) is 1. The van der Waals surface area contributed by atoms with Gasteiger partial charge in [0, 0.05) is 24.2 Å². The van der Waals surface area contributed by atoms with Gasteiger partial charge in [-0.2, -0.15) is 39.5 Å². The Hall–Kier alpha value is -3.02. The van der Waals surface area contributed by atoms with Crippen molar-refractivity contribution in [2.75, 3.05) is 6.54 Å². The molecule has 42 heavy (non-hydrogen) atoms. The van der Waals surface area contributed by atoms with Crippen LogP contribution < -0.4 is 0 Å². The molecule has 1 saturated heterocycles. The summed E-state index contributed by atoms with van der Waals surface area (Å²) in [5.74, 6) is -1.20. The van der Waals surface area contributed by atoms with Crippen molar-refractivity contribution >= 4 is 5.97 Å². The maximum Gasteiger partial charge on any atom is 0.416 e. The Morgan fingerprint density at radius 2 is 1.45 bits per heavy atom. The number of hydrogen-bond donors (Lipinski definition) is 1. The van der Waals surface area contributed by atoms with Crippen molar-refractivity contribution in [2.24, 2.45) is 5.92 Å². The van der Waals surface area contributed by atoms with Gasteiger partial charge in [-0.15, -0.1) is 0 Å². The van der Waals surface area contributed by atoms with E-state index in [9.17, 15) is 49.4 Å². The topological polar surface area (TPSA) is 40.5 Å².